The molecule has 0 unspecified atom stereocenters. The number of hydrogen-bond donors (Lipinski definition) is 1. The van der Waals surface area contributed by atoms with Crippen molar-refractivity contribution in [1.82, 2.24) is 0 Å². The van der Waals surface area contributed by atoms with Crippen LogP contribution in [-0.4, -0.2) is 42.6 Å². The third kappa shape index (κ3) is 5.33. The van der Waals surface area contributed by atoms with Crippen molar-refractivity contribution in [2.75, 3.05) is 18.7 Å². The van der Waals surface area contributed by atoms with E-state index in [4.69, 9.17) is 14.6 Å². The number of nitrogens with zero attached hydrogens (tertiary/aromatic N) is 2. The summed E-state index contributed by atoms with van der Waals surface area (Å²) < 4.78 is 51.9. The van der Waals surface area contributed by atoms with Gasteiger partial charge in [0, 0.05) is 0 Å². The first-order valence-electron chi connectivity index (χ1n) is 10.0. The molecule has 33 heavy (non-hydrogen) atoms. The van der Waals surface area contributed by atoms with Crippen LogP contribution in [0, 0.1) is 0 Å². The van der Waals surface area contributed by atoms with Gasteiger partial charge in [-0.05, 0) is 54.5 Å². The van der Waals surface area contributed by atoms with Gasteiger partial charge in [0.25, 0.3) is 5.91 Å². The topological polar surface area (TPSA) is 88.4 Å². The number of carbonyl (C=O) groups excluding carboxylic acids is 1. The summed E-state index contributed by atoms with van der Waals surface area (Å²) in [5.41, 5.74) is -1.77. The van der Waals surface area contributed by atoms with Crippen LogP contribution in [0.2, 0.25) is 0 Å². The molecule has 0 atom stereocenters. The fraction of sp³-hybridized carbons (Fsp3) is 0.261. The molecule has 0 saturated carbocycles. The molecule has 2 aromatic carbocycles. The van der Waals surface area contributed by atoms with E-state index in [9.17, 15) is 22.8 Å². The Balaban J connectivity index is 1.96. The molecule has 3 rings (SSSR count). The van der Waals surface area contributed by atoms with E-state index in [1.165, 1.54) is 43.5 Å². The standard InChI is InChI=1S/C23H21F3N2O5/c1-3-4-11-33-18-10-5-14(13-19(18)32-2)12-17-20(23(24,25)26)27-28(21(17)29)16-8-6-15(7-9-16)22(30)31/h5-10,12-13H,3-4,11H2,1-2H3,(H,30,31). The molecule has 10 heteroatoms. The number of ether oxygens (including phenoxy) is 2. The zero-order valence-corrected chi connectivity index (χ0v) is 17.8. The molecule has 1 aliphatic rings. The fourth-order valence-electron chi connectivity index (χ4n) is 3.06. The predicted octanol–water partition coefficient (Wildman–Crippen LogP) is 4.92. The lowest BCUT2D eigenvalue weighted by Crippen LogP contribution is -2.25. The van der Waals surface area contributed by atoms with Gasteiger partial charge in [0.05, 0.1) is 30.5 Å². The van der Waals surface area contributed by atoms with Crippen molar-refractivity contribution < 1.29 is 37.3 Å². The number of benzene rings is 2. The van der Waals surface area contributed by atoms with Gasteiger partial charge >= 0.3 is 12.1 Å². The van der Waals surface area contributed by atoms with Gasteiger partial charge in [-0.2, -0.15) is 23.3 Å². The maximum absolute atomic E-state index is 13.7. The maximum atomic E-state index is 13.7. The Morgan fingerprint density at radius 1 is 1.15 bits per heavy atom. The van der Waals surface area contributed by atoms with Crippen molar-refractivity contribution in [3.8, 4) is 11.5 Å². The Kier molecular flexibility index (Phi) is 7.05. The molecule has 7 nitrogen and oxygen atoms in total. The number of hydrazone groups is 1. The molecule has 0 fully saturated rings. The number of rotatable bonds is 8. The number of carbonyl (C=O) groups is 2. The van der Waals surface area contributed by atoms with Crippen molar-refractivity contribution in [1.29, 1.82) is 0 Å². The Bertz CT molecular complexity index is 1110. The van der Waals surface area contributed by atoms with Gasteiger partial charge in [-0.3, -0.25) is 4.79 Å². The summed E-state index contributed by atoms with van der Waals surface area (Å²) >= 11 is 0. The summed E-state index contributed by atoms with van der Waals surface area (Å²) in [6.07, 6.45) is -2.04. The monoisotopic (exact) mass is 462 g/mol. The number of amides is 1. The molecule has 0 aliphatic carbocycles. The van der Waals surface area contributed by atoms with Gasteiger partial charge in [0.2, 0.25) is 0 Å². The summed E-state index contributed by atoms with van der Waals surface area (Å²) in [5.74, 6) is -1.44. The Labute approximate surface area is 187 Å². The van der Waals surface area contributed by atoms with Crippen LogP contribution in [0.5, 0.6) is 11.5 Å². The van der Waals surface area contributed by atoms with E-state index in [2.05, 4.69) is 5.10 Å². The highest BCUT2D eigenvalue weighted by Crippen LogP contribution is 2.34. The van der Waals surface area contributed by atoms with Gasteiger partial charge in [-0.15, -0.1) is 0 Å². The van der Waals surface area contributed by atoms with E-state index in [-0.39, 0.29) is 16.8 Å². The van der Waals surface area contributed by atoms with Crippen LogP contribution in [0.15, 0.2) is 53.1 Å². The molecule has 0 radical (unpaired) electrons. The Morgan fingerprint density at radius 2 is 1.85 bits per heavy atom. The molecule has 0 bridgehead atoms. The fourth-order valence-corrected chi connectivity index (χ4v) is 3.06. The third-order valence-electron chi connectivity index (χ3n) is 4.76. The summed E-state index contributed by atoms with van der Waals surface area (Å²) in [4.78, 5) is 23.9. The average molecular weight is 462 g/mol. The van der Waals surface area contributed by atoms with E-state index in [0.29, 0.717) is 23.1 Å². The lowest BCUT2D eigenvalue weighted by molar-refractivity contribution is -0.114. The number of hydrogen-bond acceptors (Lipinski definition) is 5. The SMILES string of the molecule is CCCCOc1ccc(C=C2C(=O)N(c3ccc(C(=O)O)cc3)N=C2C(F)(F)F)cc1OC. The Morgan fingerprint density at radius 3 is 2.42 bits per heavy atom. The van der Waals surface area contributed by atoms with Crippen LogP contribution in [0.4, 0.5) is 18.9 Å². The molecule has 1 heterocycles. The smallest absolute Gasteiger partial charge is 0.435 e. The van der Waals surface area contributed by atoms with Crippen LogP contribution in [0.25, 0.3) is 6.08 Å². The number of unbranched alkanes of at least 4 members (excludes halogenated alkanes) is 1. The number of alkyl halides is 3. The molecule has 1 aliphatic heterocycles. The summed E-state index contributed by atoms with van der Waals surface area (Å²) in [6.45, 7) is 2.48. The zero-order valence-electron chi connectivity index (χ0n) is 17.8. The van der Waals surface area contributed by atoms with Gasteiger partial charge in [0.15, 0.2) is 17.2 Å². The van der Waals surface area contributed by atoms with Crippen molar-refractivity contribution >= 4 is 29.4 Å². The van der Waals surface area contributed by atoms with Crippen molar-refractivity contribution in [3.05, 3.63) is 59.2 Å². The van der Waals surface area contributed by atoms with Crippen LogP contribution in [0.1, 0.15) is 35.7 Å². The molecule has 174 valence electrons. The number of carboxylic acid groups (broad SMARTS) is 1. The second kappa shape index (κ2) is 9.76. The normalized spacial score (nSPS) is 15.1. The molecule has 2 aromatic rings. The average Bonchev–Trinajstić information content (AvgIpc) is 3.11. The highest BCUT2D eigenvalue weighted by atomic mass is 19.4. The minimum absolute atomic E-state index is 0.00685. The highest BCUT2D eigenvalue weighted by molar-refractivity contribution is 6.34. The number of anilines is 1. The lowest BCUT2D eigenvalue weighted by Gasteiger charge is -2.12. The van der Waals surface area contributed by atoms with Crippen LogP contribution in [0.3, 0.4) is 0 Å². The van der Waals surface area contributed by atoms with E-state index in [0.717, 1.165) is 18.9 Å². The molecule has 0 saturated heterocycles. The molecule has 0 spiro atoms. The van der Waals surface area contributed by atoms with E-state index in [1.54, 1.807) is 6.07 Å². The molecule has 0 aromatic heterocycles. The second-order valence-corrected chi connectivity index (χ2v) is 7.09. The van der Waals surface area contributed by atoms with E-state index in [1.807, 2.05) is 6.92 Å². The van der Waals surface area contributed by atoms with Crippen molar-refractivity contribution in [3.63, 3.8) is 0 Å². The highest BCUT2D eigenvalue weighted by Gasteiger charge is 2.46. The quantitative estimate of drug-likeness (QED) is 0.444. The maximum Gasteiger partial charge on any atom is 0.435 e. The first-order chi connectivity index (χ1) is 15.7. The molecule has 1 N–H and O–H groups in total. The van der Waals surface area contributed by atoms with Crippen LogP contribution in [-0.2, 0) is 4.79 Å². The summed E-state index contributed by atoms with van der Waals surface area (Å²) in [5, 5.41) is 13.1. The molecular weight excluding hydrogens is 441 g/mol. The number of carboxylic acids is 1. The van der Waals surface area contributed by atoms with Gasteiger partial charge in [-0.1, -0.05) is 19.4 Å². The molecule has 1 amide bonds. The largest absolute Gasteiger partial charge is 0.493 e. The number of halogens is 3. The second-order valence-electron chi connectivity index (χ2n) is 7.09. The first kappa shape index (κ1) is 23.8. The zero-order chi connectivity index (χ0) is 24.2. The predicted molar refractivity (Wildman–Crippen MR) is 116 cm³/mol. The van der Waals surface area contributed by atoms with E-state index < -0.39 is 29.3 Å². The minimum Gasteiger partial charge on any atom is -0.493 e. The Hall–Kier alpha value is -3.82. The van der Waals surface area contributed by atoms with Gasteiger partial charge < -0.3 is 14.6 Å². The minimum atomic E-state index is -4.88. The third-order valence-corrected chi connectivity index (χ3v) is 4.76. The van der Waals surface area contributed by atoms with E-state index >= 15 is 0 Å². The van der Waals surface area contributed by atoms with Crippen LogP contribution >= 0.6 is 0 Å². The van der Waals surface area contributed by atoms with Crippen molar-refractivity contribution in [2.24, 2.45) is 5.10 Å². The molecular formula is C23H21F3N2O5. The van der Waals surface area contributed by atoms with Gasteiger partial charge in [-0.25, -0.2) is 4.79 Å². The summed E-state index contributed by atoms with van der Waals surface area (Å²) in [7, 11) is 1.41. The van der Waals surface area contributed by atoms with Crippen molar-refractivity contribution in [2.45, 2.75) is 25.9 Å². The number of methoxy groups -OCH3 is 1. The first-order valence-corrected chi connectivity index (χ1v) is 10.0. The number of aromatic carboxylic acids is 1. The lowest BCUT2D eigenvalue weighted by atomic mass is 10.1. The van der Waals surface area contributed by atoms with Gasteiger partial charge in [0.1, 0.15) is 0 Å². The summed E-state index contributed by atoms with van der Waals surface area (Å²) in [6, 6.07) is 9.34. The van der Waals surface area contributed by atoms with Crippen LogP contribution < -0.4 is 14.5 Å².